The lowest BCUT2D eigenvalue weighted by molar-refractivity contribution is 0.102. The number of aromatic nitrogens is 2. The fourth-order valence-corrected chi connectivity index (χ4v) is 3.31. The van der Waals surface area contributed by atoms with E-state index in [1.807, 2.05) is 0 Å². The average Bonchev–Trinajstić information content (AvgIpc) is 2.69. The van der Waals surface area contributed by atoms with E-state index >= 15 is 0 Å². The monoisotopic (exact) mass is 470 g/mol. The Bertz CT molecular complexity index is 1260. The number of nitrogens with one attached hydrogen (secondary N) is 2. The van der Waals surface area contributed by atoms with Gasteiger partial charge in [-0.05, 0) is 42.5 Å². The minimum Gasteiger partial charge on any atom is -0.435 e. The van der Waals surface area contributed by atoms with Crippen LogP contribution in [0.3, 0.4) is 0 Å². The number of alkyl halides is 2. The molecule has 12 heteroatoms. The van der Waals surface area contributed by atoms with Crippen LogP contribution in [0.4, 0.5) is 18.9 Å². The molecule has 0 aliphatic rings. The Balaban J connectivity index is 1.98. The van der Waals surface area contributed by atoms with Crippen molar-refractivity contribution in [2.45, 2.75) is 11.3 Å². The molecule has 0 fully saturated rings. The summed E-state index contributed by atoms with van der Waals surface area (Å²) in [5.41, 5.74) is -0.983. The standard InChI is InChI=1S/C19H14ClF3N4O3S/c1-31(24,29)12-4-2-3-11(8-12)25-18(28)13-9-15(17(22)23)26-27-19(13)30-16-6-5-10(21)7-14(16)20/h2-9,17,24H,1H3,(H,25,28). The second-order valence-corrected chi connectivity index (χ2v) is 8.86. The normalized spacial score (nSPS) is 13.0. The number of carbonyl (C=O) groups is 1. The first-order valence-corrected chi connectivity index (χ1v) is 10.8. The van der Waals surface area contributed by atoms with Gasteiger partial charge in [-0.3, -0.25) is 4.79 Å². The van der Waals surface area contributed by atoms with E-state index in [0.29, 0.717) is 0 Å². The molecule has 0 aliphatic heterocycles. The van der Waals surface area contributed by atoms with E-state index in [1.165, 1.54) is 36.6 Å². The van der Waals surface area contributed by atoms with Gasteiger partial charge in [-0.1, -0.05) is 17.7 Å². The van der Waals surface area contributed by atoms with Crippen LogP contribution in [-0.4, -0.2) is 26.6 Å². The Kier molecular flexibility index (Phi) is 6.46. The summed E-state index contributed by atoms with van der Waals surface area (Å²) in [6.45, 7) is 0. The summed E-state index contributed by atoms with van der Waals surface area (Å²) in [6.07, 6.45) is -1.78. The van der Waals surface area contributed by atoms with E-state index in [1.54, 1.807) is 0 Å². The molecule has 0 radical (unpaired) electrons. The van der Waals surface area contributed by atoms with Gasteiger partial charge in [0.1, 0.15) is 22.8 Å². The first-order valence-electron chi connectivity index (χ1n) is 8.48. The van der Waals surface area contributed by atoms with Gasteiger partial charge < -0.3 is 10.1 Å². The van der Waals surface area contributed by atoms with Crippen molar-refractivity contribution in [1.29, 1.82) is 4.78 Å². The molecule has 1 heterocycles. The van der Waals surface area contributed by atoms with Gasteiger partial charge in [-0.15, -0.1) is 10.2 Å². The minimum absolute atomic E-state index is 0.0712. The van der Waals surface area contributed by atoms with Crippen molar-refractivity contribution in [2.75, 3.05) is 11.6 Å². The van der Waals surface area contributed by atoms with Crippen molar-refractivity contribution < 1.29 is 26.9 Å². The van der Waals surface area contributed by atoms with Gasteiger partial charge in [0.25, 0.3) is 18.2 Å². The zero-order chi connectivity index (χ0) is 22.8. The number of nitrogens with zero attached hydrogens (tertiary/aromatic N) is 2. The van der Waals surface area contributed by atoms with E-state index < -0.39 is 39.5 Å². The van der Waals surface area contributed by atoms with Crippen LogP contribution in [0, 0.1) is 10.6 Å². The van der Waals surface area contributed by atoms with Gasteiger partial charge in [0.2, 0.25) is 0 Å². The molecule has 1 unspecified atom stereocenters. The fraction of sp³-hybridized carbons (Fsp3) is 0.105. The van der Waals surface area contributed by atoms with Crippen molar-refractivity contribution in [2.24, 2.45) is 0 Å². The largest absolute Gasteiger partial charge is 0.435 e. The van der Waals surface area contributed by atoms with Crippen LogP contribution in [0.5, 0.6) is 11.6 Å². The van der Waals surface area contributed by atoms with Crippen molar-refractivity contribution >= 4 is 32.9 Å². The molecule has 3 rings (SSSR count). The summed E-state index contributed by atoms with van der Waals surface area (Å²) in [5, 5.41) is 9.19. The average molecular weight is 471 g/mol. The van der Waals surface area contributed by atoms with Gasteiger partial charge in [-0.25, -0.2) is 22.2 Å². The Hall–Kier alpha value is -3.18. The first-order chi connectivity index (χ1) is 14.5. The van der Waals surface area contributed by atoms with Gasteiger partial charge >= 0.3 is 0 Å². The van der Waals surface area contributed by atoms with Crippen LogP contribution >= 0.6 is 11.6 Å². The van der Waals surface area contributed by atoms with Gasteiger partial charge in [0, 0.05) is 16.8 Å². The summed E-state index contributed by atoms with van der Waals surface area (Å²) < 4.78 is 64.4. The zero-order valence-electron chi connectivity index (χ0n) is 15.7. The highest BCUT2D eigenvalue weighted by Crippen LogP contribution is 2.32. The number of hydrogen-bond acceptors (Lipinski definition) is 6. The molecular weight excluding hydrogens is 457 g/mol. The quantitative estimate of drug-likeness (QED) is 0.509. The molecule has 31 heavy (non-hydrogen) atoms. The van der Waals surface area contributed by atoms with Gasteiger partial charge in [0.15, 0.2) is 0 Å². The number of rotatable bonds is 6. The van der Waals surface area contributed by atoms with Crippen LogP contribution in [0.15, 0.2) is 53.4 Å². The number of carbonyl (C=O) groups excluding carboxylic acids is 1. The third-order valence-electron chi connectivity index (χ3n) is 3.89. The number of anilines is 1. The molecule has 0 bridgehead atoms. The third-order valence-corrected chi connectivity index (χ3v) is 5.34. The summed E-state index contributed by atoms with van der Waals surface area (Å²) in [5.74, 6) is -2.02. The lowest BCUT2D eigenvalue weighted by Crippen LogP contribution is -2.15. The number of halogens is 4. The second kappa shape index (κ2) is 8.90. The predicted octanol–water partition coefficient (Wildman–Crippen LogP) is 5.29. The summed E-state index contributed by atoms with van der Waals surface area (Å²) in [4.78, 5) is 13.0. The number of amides is 1. The Morgan fingerprint density at radius 3 is 2.58 bits per heavy atom. The molecule has 0 saturated heterocycles. The number of hydrogen-bond donors (Lipinski definition) is 2. The lowest BCUT2D eigenvalue weighted by Gasteiger charge is -2.12. The maximum atomic E-state index is 13.2. The van der Waals surface area contributed by atoms with Gasteiger partial charge in [0.05, 0.1) is 14.8 Å². The molecule has 162 valence electrons. The highest BCUT2D eigenvalue weighted by Gasteiger charge is 2.22. The molecule has 1 atom stereocenters. The molecular formula is C19H14ClF3N4O3S. The SMILES string of the molecule is CS(=N)(=O)c1cccc(NC(=O)c2cc(C(F)F)nnc2Oc2ccc(F)cc2Cl)c1. The molecule has 3 aromatic rings. The molecule has 1 aromatic heterocycles. The molecule has 0 saturated carbocycles. The zero-order valence-corrected chi connectivity index (χ0v) is 17.3. The molecule has 0 spiro atoms. The number of benzene rings is 2. The molecule has 7 nitrogen and oxygen atoms in total. The number of ether oxygens (including phenoxy) is 1. The summed E-state index contributed by atoms with van der Waals surface area (Å²) in [7, 11) is -3.04. The smallest absolute Gasteiger partial charge is 0.282 e. The third kappa shape index (κ3) is 5.50. The summed E-state index contributed by atoms with van der Waals surface area (Å²) in [6, 6.07) is 9.73. The lowest BCUT2D eigenvalue weighted by atomic mass is 10.2. The highest BCUT2D eigenvalue weighted by molar-refractivity contribution is 7.91. The maximum absolute atomic E-state index is 13.2. The van der Waals surface area contributed by atoms with Gasteiger partial charge in [-0.2, -0.15) is 0 Å². The van der Waals surface area contributed by atoms with Crippen molar-refractivity contribution in [3.63, 3.8) is 0 Å². The van der Waals surface area contributed by atoms with Crippen LogP contribution in [0.1, 0.15) is 22.5 Å². The molecule has 2 aromatic carbocycles. The molecule has 2 N–H and O–H groups in total. The summed E-state index contributed by atoms with van der Waals surface area (Å²) >= 11 is 5.90. The first kappa shape index (κ1) is 22.5. The van der Waals surface area contributed by atoms with Crippen molar-refractivity contribution in [3.05, 3.63) is 70.6 Å². The Labute approximate surface area is 180 Å². The van der Waals surface area contributed by atoms with Crippen molar-refractivity contribution in [1.82, 2.24) is 10.2 Å². The molecule has 1 amide bonds. The van der Waals surface area contributed by atoms with Crippen LogP contribution in [0.2, 0.25) is 5.02 Å². The predicted molar refractivity (Wildman–Crippen MR) is 108 cm³/mol. The van der Waals surface area contributed by atoms with E-state index in [2.05, 4.69) is 15.5 Å². The van der Waals surface area contributed by atoms with E-state index in [9.17, 15) is 22.2 Å². The topological polar surface area (TPSA) is 105 Å². The Morgan fingerprint density at radius 1 is 1.19 bits per heavy atom. The maximum Gasteiger partial charge on any atom is 0.282 e. The van der Waals surface area contributed by atoms with E-state index in [4.69, 9.17) is 21.1 Å². The van der Waals surface area contributed by atoms with Crippen LogP contribution < -0.4 is 10.1 Å². The fourth-order valence-electron chi connectivity index (χ4n) is 2.42. The van der Waals surface area contributed by atoms with Crippen LogP contribution in [-0.2, 0) is 9.73 Å². The van der Waals surface area contributed by atoms with E-state index in [-0.39, 0.29) is 26.9 Å². The Morgan fingerprint density at radius 2 is 1.94 bits per heavy atom. The second-order valence-electron chi connectivity index (χ2n) is 6.29. The van der Waals surface area contributed by atoms with Crippen LogP contribution in [0.25, 0.3) is 0 Å². The van der Waals surface area contributed by atoms with E-state index in [0.717, 1.165) is 18.2 Å². The highest BCUT2D eigenvalue weighted by atomic mass is 35.5. The minimum atomic E-state index is -3.04. The molecule has 0 aliphatic carbocycles. The van der Waals surface area contributed by atoms with Crippen molar-refractivity contribution in [3.8, 4) is 11.6 Å².